The van der Waals surface area contributed by atoms with Crippen LogP contribution in [-0.4, -0.2) is 16.1 Å². The fourth-order valence-electron chi connectivity index (χ4n) is 2.93. The summed E-state index contributed by atoms with van der Waals surface area (Å²) in [5, 5.41) is 15.7. The van der Waals surface area contributed by atoms with Crippen LogP contribution in [0.5, 0.6) is 0 Å². The molecule has 0 radical (unpaired) electrons. The van der Waals surface area contributed by atoms with Gasteiger partial charge in [0.2, 0.25) is 0 Å². The molecule has 0 aliphatic heterocycles. The number of nitrogens with one attached hydrogen (secondary N) is 1. The second kappa shape index (κ2) is 5.66. The number of carboxylic acid groups (broad SMARTS) is 1. The Labute approximate surface area is 138 Å². The Morgan fingerprint density at radius 1 is 0.875 bits per heavy atom. The predicted octanol–water partition coefficient (Wildman–Crippen LogP) is 4.83. The zero-order valence-electron chi connectivity index (χ0n) is 12.7. The maximum absolute atomic E-state index is 11.7. The Kier molecular flexibility index (Phi) is 3.35. The third kappa shape index (κ3) is 2.34. The smallest absolute Gasteiger partial charge is 0.337 e. The minimum Gasteiger partial charge on any atom is -0.478 e. The van der Waals surface area contributed by atoms with E-state index in [0.717, 1.165) is 27.4 Å². The predicted molar refractivity (Wildman–Crippen MR) is 95.9 cm³/mol. The molecule has 24 heavy (non-hydrogen) atoms. The quantitative estimate of drug-likeness (QED) is 0.568. The lowest BCUT2D eigenvalue weighted by molar-refractivity contribution is 0.0698. The van der Waals surface area contributed by atoms with Crippen LogP contribution in [0.25, 0.3) is 21.7 Å². The fourth-order valence-corrected chi connectivity index (χ4v) is 2.93. The van der Waals surface area contributed by atoms with Gasteiger partial charge in [0.1, 0.15) is 0 Å². The molecule has 4 aromatic rings. The average Bonchev–Trinajstić information content (AvgIpc) is 2.62. The Morgan fingerprint density at radius 3 is 2.58 bits per heavy atom. The zero-order valence-corrected chi connectivity index (χ0v) is 12.7. The molecular weight excluding hydrogens is 300 g/mol. The molecular formula is C20H14N2O2. The number of hydrogen-bond donors (Lipinski definition) is 2. The highest BCUT2D eigenvalue weighted by Crippen LogP contribution is 2.32. The Bertz CT molecular complexity index is 1070. The molecule has 2 N–H and O–H groups in total. The first kappa shape index (κ1) is 14.2. The summed E-state index contributed by atoms with van der Waals surface area (Å²) in [6.07, 6.45) is 1.74. The van der Waals surface area contributed by atoms with E-state index in [4.69, 9.17) is 0 Å². The first-order valence-corrected chi connectivity index (χ1v) is 7.60. The van der Waals surface area contributed by atoms with Crippen LogP contribution in [0.4, 0.5) is 11.4 Å². The molecule has 4 rings (SSSR count). The van der Waals surface area contributed by atoms with Gasteiger partial charge in [-0.3, -0.25) is 4.98 Å². The van der Waals surface area contributed by atoms with Crippen LogP contribution in [0.15, 0.2) is 72.9 Å². The lowest BCUT2D eigenvalue weighted by Gasteiger charge is -2.14. The molecule has 4 heteroatoms. The van der Waals surface area contributed by atoms with Crippen molar-refractivity contribution in [2.75, 3.05) is 5.32 Å². The number of nitrogens with zero attached hydrogens (tertiary/aromatic N) is 1. The second-order valence-electron chi connectivity index (χ2n) is 5.52. The Morgan fingerprint density at radius 2 is 1.71 bits per heavy atom. The van der Waals surface area contributed by atoms with Crippen molar-refractivity contribution in [3.8, 4) is 0 Å². The number of aromatic nitrogens is 1. The molecule has 0 saturated heterocycles. The number of carbonyl (C=O) groups is 1. The molecule has 1 heterocycles. The van der Waals surface area contributed by atoms with E-state index in [9.17, 15) is 9.90 Å². The molecule has 1 aromatic heterocycles. The van der Waals surface area contributed by atoms with Crippen LogP contribution in [0.3, 0.4) is 0 Å². The molecule has 3 aromatic carbocycles. The van der Waals surface area contributed by atoms with E-state index in [1.807, 2.05) is 60.7 Å². The summed E-state index contributed by atoms with van der Waals surface area (Å²) >= 11 is 0. The van der Waals surface area contributed by atoms with Gasteiger partial charge in [0, 0.05) is 22.7 Å². The van der Waals surface area contributed by atoms with Crippen molar-refractivity contribution in [3.05, 3.63) is 78.5 Å². The van der Waals surface area contributed by atoms with Gasteiger partial charge in [0.15, 0.2) is 0 Å². The third-order valence-corrected chi connectivity index (χ3v) is 4.06. The van der Waals surface area contributed by atoms with Gasteiger partial charge in [-0.05, 0) is 35.7 Å². The summed E-state index contributed by atoms with van der Waals surface area (Å²) in [6.45, 7) is 0. The summed E-state index contributed by atoms with van der Waals surface area (Å²) in [4.78, 5) is 16.0. The van der Waals surface area contributed by atoms with Gasteiger partial charge in [-0.15, -0.1) is 0 Å². The summed E-state index contributed by atoms with van der Waals surface area (Å²) in [6, 6.07) is 20.8. The number of hydrogen-bond acceptors (Lipinski definition) is 3. The Hall–Kier alpha value is -3.40. The number of fused-ring (bicyclic) bond motifs is 2. The lowest BCUT2D eigenvalue weighted by atomic mass is 10.0. The minimum atomic E-state index is -0.957. The fraction of sp³-hybridized carbons (Fsp3) is 0. The van der Waals surface area contributed by atoms with Crippen molar-refractivity contribution in [1.29, 1.82) is 0 Å². The van der Waals surface area contributed by atoms with Crippen LogP contribution in [0.2, 0.25) is 0 Å². The topological polar surface area (TPSA) is 62.2 Å². The molecule has 0 atom stereocenters. The number of aromatic carboxylic acids is 1. The number of anilines is 2. The number of carboxylic acids is 1. The van der Waals surface area contributed by atoms with E-state index in [-0.39, 0.29) is 5.56 Å². The van der Waals surface area contributed by atoms with Gasteiger partial charge in [0.25, 0.3) is 0 Å². The van der Waals surface area contributed by atoms with Gasteiger partial charge in [0.05, 0.1) is 16.8 Å². The SMILES string of the molecule is O=C(O)c1ccc2ccccc2c1Nc1cccc2ncccc12. The first-order chi connectivity index (χ1) is 11.7. The normalized spacial score (nSPS) is 10.8. The van der Waals surface area contributed by atoms with Crippen LogP contribution >= 0.6 is 0 Å². The monoisotopic (exact) mass is 314 g/mol. The molecule has 0 aliphatic carbocycles. The number of rotatable bonds is 3. The van der Waals surface area contributed by atoms with Crippen molar-refractivity contribution in [2.45, 2.75) is 0 Å². The van der Waals surface area contributed by atoms with Crippen LogP contribution in [-0.2, 0) is 0 Å². The van der Waals surface area contributed by atoms with Crippen molar-refractivity contribution in [1.82, 2.24) is 4.98 Å². The van der Waals surface area contributed by atoms with E-state index in [2.05, 4.69) is 10.3 Å². The molecule has 0 saturated carbocycles. The van der Waals surface area contributed by atoms with Crippen molar-refractivity contribution in [2.24, 2.45) is 0 Å². The summed E-state index contributed by atoms with van der Waals surface area (Å²) in [5.74, 6) is -0.957. The van der Waals surface area contributed by atoms with Crippen molar-refractivity contribution in [3.63, 3.8) is 0 Å². The standard InChI is InChI=1S/C20H14N2O2/c23-20(24)16-11-10-13-5-1-2-6-14(13)19(16)22-18-9-3-8-17-15(18)7-4-12-21-17/h1-12,22H,(H,23,24). The van der Waals surface area contributed by atoms with Gasteiger partial charge >= 0.3 is 5.97 Å². The molecule has 0 fully saturated rings. The summed E-state index contributed by atoms with van der Waals surface area (Å²) < 4.78 is 0. The van der Waals surface area contributed by atoms with Crippen molar-refractivity contribution >= 4 is 39.0 Å². The van der Waals surface area contributed by atoms with E-state index in [0.29, 0.717) is 5.69 Å². The lowest BCUT2D eigenvalue weighted by Crippen LogP contribution is -2.03. The highest BCUT2D eigenvalue weighted by molar-refractivity contribution is 6.08. The highest BCUT2D eigenvalue weighted by Gasteiger charge is 2.14. The highest BCUT2D eigenvalue weighted by atomic mass is 16.4. The molecule has 0 spiro atoms. The number of pyridine rings is 1. The van der Waals surface area contributed by atoms with Crippen LogP contribution in [0, 0.1) is 0 Å². The van der Waals surface area contributed by atoms with E-state index in [1.165, 1.54) is 0 Å². The molecule has 0 bridgehead atoms. The molecule has 0 unspecified atom stereocenters. The van der Waals surface area contributed by atoms with E-state index < -0.39 is 5.97 Å². The summed E-state index contributed by atoms with van der Waals surface area (Å²) in [5.41, 5.74) is 2.53. The molecule has 0 amide bonds. The third-order valence-electron chi connectivity index (χ3n) is 4.06. The van der Waals surface area contributed by atoms with Gasteiger partial charge < -0.3 is 10.4 Å². The minimum absolute atomic E-state index is 0.245. The van der Waals surface area contributed by atoms with Gasteiger partial charge in [-0.1, -0.05) is 36.4 Å². The molecule has 4 nitrogen and oxygen atoms in total. The van der Waals surface area contributed by atoms with Crippen LogP contribution in [0.1, 0.15) is 10.4 Å². The van der Waals surface area contributed by atoms with Gasteiger partial charge in [-0.25, -0.2) is 4.79 Å². The van der Waals surface area contributed by atoms with Crippen LogP contribution < -0.4 is 5.32 Å². The molecule has 116 valence electrons. The van der Waals surface area contributed by atoms with Crippen molar-refractivity contribution < 1.29 is 9.90 Å². The zero-order chi connectivity index (χ0) is 16.5. The molecule has 0 aliphatic rings. The Balaban J connectivity index is 1.95. The first-order valence-electron chi connectivity index (χ1n) is 7.60. The maximum Gasteiger partial charge on any atom is 0.337 e. The second-order valence-corrected chi connectivity index (χ2v) is 5.52. The summed E-state index contributed by atoms with van der Waals surface area (Å²) in [7, 11) is 0. The van der Waals surface area contributed by atoms with E-state index in [1.54, 1.807) is 12.3 Å². The number of benzene rings is 3. The van der Waals surface area contributed by atoms with Gasteiger partial charge in [-0.2, -0.15) is 0 Å². The van der Waals surface area contributed by atoms with E-state index >= 15 is 0 Å². The average molecular weight is 314 g/mol. The maximum atomic E-state index is 11.7. The largest absolute Gasteiger partial charge is 0.478 e.